The number of nitro benzene ring substituents is 1. The zero-order valence-corrected chi connectivity index (χ0v) is 16.9. The van der Waals surface area contributed by atoms with Crippen molar-refractivity contribution in [2.24, 2.45) is 5.92 Å². The fraction of sp³-hybridized carbons (Fsp3) is 0.300. The number of methoxy groups -OCH3 is 1. The third kappa shape index (κ3) is 6.85. The summed E-state index contributed by atoms with van der Waals surface area (Å²) < 4.78 is 4.76. The van der Waals surface area contributed by atoms with Crippen LogP contribution in [0.15, 0.2) is 48.5 Å². The third-order valence-electron chi connectivity index (χ3n) is 4.18. The van der Waals surface area contributed by atoms with Gasteiger partial charge in [0.15, 0.2) is 0 Å². The monoisotopic (exact) mass is 419 g/mol. The second kappa shape index (κ2) is 10.5. The van der Waals surface area contributed by atoms with Crippen LogP contribution in [0.2, 0.25) is 5.02 Å². The number of hydrogen-bond donors (Lipinski definition) is 1. The minimum atomic E-state index is -0.609. The molecule has 0 aliphatic heterocycles. The summed E-state index contributed by atoms with van der Waals surface area (Å²) in [6.45, 7) is 2.37. The Morgan fingerprint density at radius 2 is 1.93 bits per heavy atom. The zero-order chi connectivity index (χ0) is 21.4. The molecule has 0 aromatic heterocycles. The first-order chi connectivity index (χ1) is 13.8. The summed E-state index contributed by atoms with van der Waals surface area (Å²) >= 11 is 5.80. The van der Waals surface area contributed by atoms with Gasteiger partial charge < -0.3 is 10.1 Å². The minimum Gasteiger partial charge on any atom is -0.469 e. The maximum atomic E-state index is 12.6. The highest BCUT2D eigenvalue weighted by Gasteiger charge is 2.22. The molecule has 0 fully saturated rings. The number of nitrogens with zero attached hydrogens (tertiary/aromatic N) is 2. The van der Waals surface area contributed by atoms with Crippen molar-refractivity contribution in [2.75, 3.05) is 25.5 Å². The van der Waals surface area contributed by atoms with Gasteiger partial charge in [-0.2, -0.15) is 0 Å². The van der Waals surface area contributed by atoms with Crippen LogP contribution in [0, 0.1) is 16.0 Å². The molecule has 9 heteroatoms. The lowest BCUT2D eigenvalue weighted by molar-refractivity contribution is -0.383. The molecule has 1 atom stereocenters. The Hall–Kier alpha value is -2.97. The van der Waals surface area contributed by atoms with Gasteiger partial charge in [0.1, 0.15) is 5.69 Å². The Morgan fingerprint density at radius 1 is 1.24 bits per heavy atom. The molecule has 0 bridgehead atoms. The number of esters is 1. The first-order valence-corrected chi connectivity index (χ1v) is 9.26. The molecule has 2 rings (SSSR count). The number of halogens is 1. The highest BCUT2D eigenvalue weighted by molar-refractivity contribution is 6.31. The van der Waals surface area contributed by atoms with E-state index in [1.165, 1.54) is 25.3 Å². The molecule has 0 aliphatic carbocycles. The largest absolute Gasteiger partial charge is 0.469 e. The van der Waals surface area contributed by atoms with Crippen molar-refractivity contribution < 1.29 is 19.2 Å². The fourth-order valence-corrected chi connectivity index (χ4v) is 3.01. The number of anilines is 1. The van der Waals surface area contributed by atoms with Crippen LogP contribution in [0.25, 0.3) is 0 Å². The number of benzene rings is 2. The molecule has 0 saturated heterocycles. The normalized spacial score (nSPS) is 11.7. The molecular weight excluding hydrogens is 398 g/mol. The van der Waals surface area contributed by atoms with E-state index in [4.69, 9.17) is 16.3 Å². The van der Waals surface area contributed by atoms with Crippen molar-refractivity contribution in [3.8, 4) is 0 Å². The van der Waals surface area contributed by atoms with Crippen molar-refractivity contribution in [1.29, 1.82) is 0 Å². The van der Waals surface area contributed by atoms with E-state index in [2.05, 4.69) is 5.32 Å². The van der Waals surface area contributed by atoms with Crippen LogP contribution in [-0.2, 0) is 20.9 Å². The van der Waals surface area contributed by atoms with Gasteiger partial charge in [-0.15, -0.1) is 0 Å². The van der Waals surface area contributed by atoms with E-state index < -0.39 is 16.7 Å². The number of amides is 1. The highest BCUT2D eigenvalue weighted by atomic mass is 35.5. The van der Waals surface area contributed by atoms with Crippen LogP contribution in [0.3, 0.4) is 0 Å². The van der Waals surface area contributed by atoms with Gasteiger partial charge in [0.05, 0.1) is 24.5 Å². The predicted molar refractivity (Wildman–Crippen MR) is 110 cm³/mol. The van der Waals surface area contributed by atoms with Gasteiger partial charge in [0.25, 0.3) is 5.69 Å². The summed E-state index contributed by atoms with van der Waals surface area (Å²) in [5, 5.41) is 14.0. The standard InChI is InChI=1S/C20H22ClN3O5/c1-14(20(26)29-2)11-23(12-15-6-4-3-5-7-15)13-19(25)22-17-9-8-16(21)10-18(17)24(27)28/h3-10,14H,11-13H2,1-2H3,(H,22,25). The first-order valence-electron chi connectivity index (χ1n) is 8.88. The van der Waals surface area contributed by atoms with Crippen LogP contribution >= 0.6 is 11.6 Å². The van der Waals surface area contributed by atoms with Crippen LogP contribution in [0.5, 0.6) is 0 Å². The van der Waals surface area contributed by atoms with Gasteiger partial charge in [0.2, 0.25) is 5.91 Å². The van der Waals surface area contributed by atoms with Crippen LogP contribution in [0.4, 0.5) is 11.4 Å². The average Bonchev–Trinajstić information content (AvgIpc) is 2.69. The summed E-state index contributed by atoms with van der Waals surface area (Å²) in [6, 6.07) is 13.5. The number of ether oxygens (including phenoxy) is 1. The van der Waals surface area contributed by atoms with Gasteiger partial charge in [0, 0.05) is 24.2 Å². The summed E-state index contributed by atoms with van der Waals surface area (Å²) in [7, 11) is 1.31. The lowest BCUT2D eigenvalue weighted by atomic mass is 10.1. The van der Waals surface area contributed by atoms with Crippen LogP contribution in [0.1, 0.15) is 12.5 Å². The summed E-state index contributed by atoms with van der Waals surface area (Å²) in [5.41, 5.74) is 0.739. The molecule has 8 nitrogen and oxygen atoms in total. The van der Waals surface area contributed by atoms with E-state index in [9.17, 15) is 19.7 Å². The van der Waals surface area contributed by atoms with Gasteiger partial charge in [-0.05, 0) is 17.7 Å². The summed E-state index contributed by atoms with van der Waals surface area (Å²) in [5.74, 6) is -1.26. The predicted octanol–water partition coefficient (Wildman–Crippen LogP) is 3.50. The molecule has 1 amide bonds. The second-order valence-electron chi connectivity index (χ2n) is 6.55. The molecule has 0 radical (unpaired) electrons. The number of rotatable bonds is 9. The maximum Gasteiger partial charge on any atom is 0.309 e. The van der Waals surface area contributed by atoms with Crippen molar-refractivity contribution in [1.82, 2.24) is 4.90 Å². The van der Waals surface area contributed by atoms with Gasteiger partial charge >= 0.3 is 5.97 Å². The molecule has 29 heavy (non-hydrogen) atoms. The summed E-state index contributed by atoms with van der Waals surface area (Å²) in [4.78, 5) is 36.7. The Labute approximate surface area is 173 Å². The molecular formula is C20H22ClN3O5. The average molecular weight is 420 g/mol. The van der Waals surface area contributed by atoms with Gasteiger partial charge in [-0.3, -0.25) is 24.6 Å². The van der Waals surface area contributed by atoms with Crippen molar-refractivity contribution in [3.63, 3.8) is 0 Å². The van der Waals surface area contributed by atoms with Crippen molar-refractivity contribution >= 4 is 34.9 Å². The quantitative estimate of drug-likeness (QED) is 0.379. The molecule has 154 valence electrons. The molecule has 0 saturated carbocycles. The molecule has 0 aliphatic rings. The Kier molecular flexibility index (Phi) is 8.11. The van der Waals surface area contributed by atoms with Crippen molar-refractivity contribution in [2.45, 2.75) is 13.5 Å². The Bertz CT molecular complexity index is 876. The van der Waals surface area contributed by atoms with E-state index in [0.717, 1.165) is 5.56 Å². The maximum absolute atomic E-state index is 12.6. The van der Waals surface area contributed by atoms with E-state index in [0.29, 0.717) is 6.54 Å². The smallest absolute Gasteiger partial charge is 0.309 e. The number of carbonyl (C=O) groups is 2. The van der Waals surface area contributed by atoms with Crippen molar-refractivity contribution in [3.05, 3.63) is 69.2 Å². The van der Waals surface area contributed by atoms with Crippen LogP contribution in [-0.4, -0.2) is 41.9 Å². The fourth-order valence-electron chi connectivity index (χ4n) is 2.84. The SMILES string of the molecule is COC(=O)C(C)CN(CC(=O)Nc1ccc(Cl)cc1[N+](=O)[O-])Cc1ccccc1. The molecule has 2 aromatic rings. The molecule has 1 N–H and O–H groups in total. The van der Waals surface area contributed by atoms with E-state index in [1.54, 1.807) is 11.8 Å². The molecule has 0 spiro atoms. The molecule has 2 aromatic carbocycles. The molecule has 0 heterocycles. The van der Waals surface area contributed by atoms with E-state index in [-0.39, 0.29) is 35.5 Å². The molecule has 1 unspecified atom stereocenters. The zero-order valence-electron chi connectivity index (χ0n) is 16.1. The Morgan fingerprint density at radius 3 is 2.55 bits per heavy atom. The second-order valence-corrected chi connectivity index (χ2v) is 6.98. The lowest BCUT2D eigenvalue weighted by Crippen LogP contribution is -2.37. The summed E-state index contributed by atoms with van der Waals surface area (Å²) in [6.07, 6.45) is 0. The van der Waals surface area contributed by atoms with Gasteiger partial charge in [-0.25, -0.2) is 0 Å². The van der Waals surface area contributed by atoms with E-state index in [1.807, 2.05) is 30.3 Å². The number of nitro groups is 1. The number of hydrogen-bond acceptors (Lipinski definition) is 6. The minimum absolute atomic E-state index is 0.0595. The first kappa shape index (κ1) is 22.3. The Balaban J connectivity index is 2.14. The number of carbonyl (C=O) groups excluding carboxylic acids is 2. The van der Waals surface area contributed by atoms with Crippen LogP contribution < -0.4 is 5.32 Å². The topological polar surface area (TPSA) is 102 Å². The number of nitrogens with one attached hydrogen (secondary N) is 1. The highest BCUT2D eigenvalue weighted by Crippen LogP contribution is 2.27. The lowest BCUT2D eigenvalue weighted by Gasteiger charge is -2.24. The third-order valence-corrected chi connectivity index (χ3v) is 4.42. The van der Waals surface area contributed by atoms with E-state index >= 15 is 0 Å². The van der Waals surface area contributed by atoms with Gasteiger partial charge in [-0.1, -0.05) is 48.9 Å².